The molecule has 5 nitrogen and oxygen atoms in total. The van der Waals surface area contributed by atoms with Crippen LogP contribution in [0, 0.1) is 0 Å². The third kappa shape index (κ3) is 3.99. The number of methoxy groups -OCH3 is 1. The number of amides is 1. The topological polar surface area (TPSA) is 64.1 Å². The summed E-state index contributed by atoms with van der Waals surface area (Å²) in [4.78, 5) is 11.8. The zero-order valence-corrected chi connectivity index (χ0v) is 11.8. The number of carbonyl (C=O) groups excluding carboxylic acids is 1. The van der Waals surface area contributed by atoms with Gasteiger partial charge < -0.3 is 10.1 Å². The van der Waals surface area contributed by atoms with Gasteiger partial charge in [-0.15, -0.1) is 10.2 Å². The molecule has 100 valence electrons. The van der Waals surface area contributed by atoms with Crippen LogP contribution >= 0.6 is 22.9 Å². The second-order valence-corrected chi connectivity index (χ2v) is 5.36. The van der Waals surface area contributed by atoms with E-state index in [1.807, 2.05) is 24.3 Å². The van der Waals surface area contributed by atoms with Crippen molar-refractivity contribution in [2.24, 2.45) is 0 Å². The average molecular weight is 298 g/mol. The van der Waals surface area contributed by atoms with Crippen molar-refractivity contribution in [2.75, 3.05) is 7.11 Å². The van der Waals surface area contributed by atoms with E-state index in [0.717, 1.165) is 22.5 Å². The van der Waals surface area contributed by atoms with Gasteiger partial charge in [0.15, 0.2) is 0 Å². The van der Waals surface area contributed by atoms with Crippen molar-refractivity contribution in [3.8, 4) is 0 Å². The molecule has 2 rings (SSSR count). The quantitative estimate of drug-likeness (QED) is 0.919. The second kappa shape index (κ2) is 6.60. The van der Waals surface area contributed by atoms with E-state index < -0.39 is 0 Å². The fraction of sp³-hybridized carbons (Fsp3) is 0.250. The van der Waals surface area contributed by atoms with Crippen LogP contribution in [0.15, 0.2) is 24.3 Å². The Bertz CT molecular complexity index is 574. The van der Waals surface area contributed by atoms with E-state index in [4.69, 9.17) is 16.3 Å². The predicted octanol–water partition coefficient (Wildman–Crippen LogP) is 2.27. The van der Waals surface area contributed by atoms with E-state index in [1.165, 1.54) is 0 Å². The number of carbonyl (C=O) groups is 1. The number of aromatic nitrogens is 2. The SMILES string of the molecule is COCc1cccc(CNC(=O)c2nnc(Cl)s2)c1. The molecule has 0 radical (unpaired) electrons. The van der Waals surface area contributed by atoms with Crippen LogP contribution in [0.2, 0.25) is 4.47 Å². The summed E-state index contributed by atoms with van der Waals surface area (Å²) >= 11 is 6.68. The second-order valence-electron chi connectivity index (χ2n) is 3.80. The van der Waals surface area contributed by atoms with Crippen LogP contribution in [0.4, 0.5) is 0 Å². The first-order valence-electron chi connectivity index (χ1n) is 5.53. The Hall–Kier alpha value is -1.50. The van der Waals surface area contributed by atoms with Gasteiger partial charge in [0, 0.05) is 13.7 Å². The molecule has 0 fully saturated rings. The minimum Gasteiger partial charge on any atom is -0.380 e. The Morgan fingerprint density at radius 3 is 2.89 bits per heavy atom. The van der Waals surface area contributed by atoms with Gasteiger partial charge in [0.25, 0.3) is 5.91 Å². The van der Waals surface area contributed by atoms with Gasteiger partial charge in [0.1, 0.15) is 0 Å². The lowest BCUT2D eigenvalue weighted by atomic mass is 10.1. The van der Waals surface area contributed by atoms with Gasteiger partial charge in [-0.3, -0.25) is 4.79 Å². The molecular formula is C12H12ClN3O2S. The molecule has 0 atom stereocenters. The predicted molar refractivity (Wildman–Crippen MR) is 73.2 cm³/mol. The Morgan fingerprint density at radius 2 is 2.21 bits per heavy atom. The van der Waals surface area contributed by atoms with Gasteiger partial charge in [-0.25, -0.2) is 0 Å². The lowest BCUT2D eigenvalue weighted by Gasteiger charge is -2.05. The van der Waals surface area contributed by atoms with Crippen molar-refractivity contribution < 1.29 is 9.53 Å². The van der Waals surface area contributed by atoms with Gasteiger partial charge in [-0.2, -0.15) is 0 Å². The Labute approximate surface area is 119 Å². The number of hydrogen-bond donors (Lipinski definition) is 1. The summed E-state index contributed by atoms with van der Waals surface area (Å²) in [5.74, 6) is -0.276. The summed E-state index contributed by atoms with van der Waals surface area (Å²) in [6.45, 7) is 0.974. The Morgan fingerprint density at radius 1 is 1.42 bits per heavy atom. The molecule has 0 saturated carbocycles. The van der Waals surface area contributed by atoms with Crippen molar-refractivity contribution in [3.63, 3.8) is 0 Å². The third-order valence-electron chi connectivity index (χ3n) is 2.35. The van der Waals surface area contributed by atoms with Crippen molar-refractivity contribution in [1.29, 1.82) is 0 Å². The van der Waals surface area contributed by atoms with E-state index in [1.54, 1.807) is 7.11 Å². The number of hydrogen-bond acceptors (Lipinski definition) is 5. The van der Waals surface area contributed by atoms with Gasteiger partial charge in [-0.05, 0) is 22.7 Å². The van der Waals surface area contributed by atoms with Crippen LogP contribution in [0.1, 0.15) is 20.9 Å². The van der Waals surface area contributed by atoms with Crippen molar-refractivity contribution in [3.05, 3.63) is 44.9 Å². The zero-order valence-electron chi connectivity index (χ0n) is 10.2. The van der Waals surface area contributed by atoms with Gasteiger partial charge >= 0.3 is 0 Å². The number of nitrogens with one attached hydrogen (secondary N) is 1. The minimum atomic E-state index is -0.276. The largest absolute Gasteiger partial charge is 0.380 e. The first kappa shape index (κ1) is 13.9. The highest BCUT2D eigenvalue weighted by molar-refractivity contribution is 7.17. The molecule has 0 aliphatic carbocycles. The van der Waals surface area contributed by atoms with Crippen LogP contribution in [0.5, 0.6) is 0 Å². The summed E-state index contributed by atoms with van der Waals surface area (Å²) < 4.78 is 5.32. The highest BCUT2D eigenvalue weighted by atomic mass is 35.5. The number of benzene rings is 1. The zero-order chi connectivity index (χ0) is 13.7. The lowest BCUT2D eigenvalue weighted by molar-refractivity contribution is 0.0950. The van der Waals surface area contributed by atoms with Crippen LogP contribution in [0.25, 0.3) is 0 Å². The molecule has 1 aromatic carbocycles. The molecule has 19 heavy (non-hydrogen) atoms. The smallest absolute Gasteiger partial charge is 0.282 e. The normalized spacial score (nSPS) is 10.4. The van der Waals surface area contributed by atoms with Crippen molar-refractivity contribution >= 4 is 28.8 Å². The maximum absolute atomic E-state index is 11.8. The maximum atomic E-state index is 11.8. The minimum absolute atomic E-state index is 0.257. The van der Waals surface area contributed by atoms with Crippen molar-refractivity contribution in [2.45, 2.75) is 13.2 Å². The fourth-order valence-corrected chi connectivity index (χ4v) is 2.30. The summed E-state index contributed by atoms with van der Waals surface area (Å²) in [6.07, 6.45) is 0. The number of nitrogens with zero attached hydrogens (tertiary/aromatic N) is 2. The molecule has 0 aliphatic rings. The van der Waals surface area contributed by atoms with E-state index in [2.05, 4.69) is 15.5 Å². The number of ether oxygens (including phenoxy) is 1. The molecule has 1 heterocycles. The molecule has 1 N–H and O–H groups in total. The van der Waals surface area contributed by atoms with Crippen molar-refractivity contribution in [1.82, 2.24) is 15.5 Å². The highest BCUT2D eigenvalue weighted by Gasteiger charge is 2.11. The molecule has 0 saturated heterocycles. The summed E-state index contributed by atoms with van der Waals surface area (Å²) in [5, 5.41) is 10.3. The molecule has 1 amide bonds. The van der Waals surface area contributed by atoms with Crippen LogP contribution in [-0.2, 0) is 17.9 Å². The first-order chi connectivity index (χ1) is 9.19. The van der Waals surface area contributed by atoms with E-state index >= 15 is 0 Å². The molecule has 0 bridgehead atoms. The molecule has 0 spiro atoms. The lowest BCUT2D eigenvalue weighted by Crippen LogP contribution is -2.22. The standard InChI is InChI=1S/C12H12ClN3O2S/c1-18-7-9-4-2-3-8(5-9)6-14-10(17)11-15-16-12(13)19-11/h2-5H,6-7H2,1H3,(H,14,17). The van der Waals surface area contributed by atoms with Gasteiger partial charge in [0.2, 0.25) is 9.47 Å². The molecule has 0 aliphatic heterocycles. The number of rotatable bonds is 5. The Balaban J connectivity index is 1.95. The summed E-state index contributed by atoms with van der Waals surface area (Å²) in [7, 11) is 1.65. The molecule has 7 heteroatoms. The molecule has 2 aromatic rings. The average Bonchev–Trinajstić information content (AvgIpc) is 2.84. The molecule has 1 aromatic heterocycles. The van der Waals surface area contributed by atoms with E-state index in [0.29, 0.717) is 13.2 Å². The number of halogens is 1. The fourth-order valence-electron chi connectivity index (χ4n) is 1.55. The highest BCUT2D eigenvalue weighted by Crippen LogP contribution is 2.14. The molecular weight excluding hydrogens is 286 g/mol. The van der Waals surface area contributed by atoms with Gasteiger partial charge in [0.05, 0.1) is 6.61 Å². The van der Waals surface area contributed by atoms with Gasteiger partial charge in [-0.1, -0.05) is 35.6 Å². The maximum Gasteiger partial charge on any atom is 0.282 e. The summed E-state index contributed by atoms with van der Waals surface area (Å²) in [5.41, 5.74) is 2.06. The third-order valence-corrected chi connectivity index (χ3v) is 3.37. The van der Waals surface area contributed by atoms with Crippen LogP contribution < -0.4 is 5.32 Å². The monoisotopic (exact) mass is 297 g/mol. The van der Waals surface area contributed by atoms with E-state index in [9.17, 15) is 4.79 Å². The van der Waals surface area contributed by atoms with E-state index in [-0.39, 0.29) is 15.4 Å². The Kier molecular flexibility index (Phi) is 4.84. The summed E-state index contributed by atoms with van der Waals surface area (Å²) in [6, 6.07) is 7.82. The van der Waals surface area contributed by atoms with Crippen LogP contribution in [-0.4, -0.2) is 23.2 Å². The first-order valence-corrected chi connectivity index (χ1v) is 6.72. The molecule has 0 unspecified atom stereocenters. The van der Waals surface area contributed by atoms with Crippen LogP contribution in [0.3, 0.4) is 0 Å².